The molecule has 3 heterocycles. The number of para-hydroxylation sites is 1. The molecule has 4 heteroatoms. The number of hydrogen-bond donors (Lipinski definition) is 1. The maximum atomic E-state index is 12.6. The summed E-state index contributed by atoms with van der Waals surface area (Å²) in [4.78, 5) is 15.1. The Labute approximate surface area is 133 Å². The molecule has 120 valence electrons. The molecule has 0 radical (unpaired) electrons. The van der Waals surface area contributed by atoms with Crippen molar-refractivity contribution in [2.75, 3.05) is 51.1 Å². The second kappa shape index (κ2) is 6.39. The molecule has 0 aliphatic carbocycles. The summed E-state index contributed by atoms with van der Waals surface area (Å²) in [6.45, 7) is 11.9. The van der Waals surface area contributed by atoms with Crippen molar-refractivity contribution in [2.24, 2.45) is 0 Å². The van der Waals surface area contributed by atoms with E-state index in [-0.39, 0.29) is 5.91 Å². The highest BCUT2D eigenvalue weighted by Gasteiger charge is 2.39. The third kappa shape index (κ3) is 3.18. The van der Waals surface area contributed by atoms with E-state index >= 15 is 0 Å². The Kier molecular flexibility index (Phi) is 4.50. The van der Waals surface area contributed by atoms with Crippen LogP contribution in [0.1, 0.15) is 31.7 Å². The van der Waals surface area contributed by atoms with Gasteiger partial charge in [0.2, 0.25) is 0 Å². The van der Waals surface area contributed by atoms with Gasteiger partial charge in [0.1, 0.15) is 0 Å². The lowest BCUT2D eigenvalue weighted by molar-refractivity contribution is -0.933. The number of amides is 1. The number of nitrogens with one attached hydrogen (secondary N) is 1. The summed E-state index contributed by atoms with van der Waals surface area (Å²) in [6, 6.07) is 8.24. The Balaban J connectivity index is 1.67. The second-order valence-electron chi connectivity index (χ2n) is 6.96. The molecule has 4 nitrogen and oxygen atoms in total. The molecule has 3 fully saturated rings. The summed E-state index contributed by atoms with van der Waals surface area (Å²) in [5, 5.41) is 3.18. The highest BCUT2D eigenvalue weighted by atomic mass is 16.2. The van der Waals surface area contributed by atoms with Gasteiger partial charge in [-0.25, -0.2) is 0 Å². The van der Waals surface area contributed by atoms with E-state index in [9.17, 15) is 4.79 Å². The maximum absolute atomic E-state index is 12.6. The minimum Gasteiger partial charge on any atom is -0.321 e. The quantitative estimate of drug-likeness (QED) is 0.846. The van der Waals surface area contributed by atoms with Crippen LogP contribution in [0, 0.1) is 0 Å². The number of nitrogens with zero attached hydrogens (tertiary/aromatic N) is 2. The van der Waals surface area contributed by atoms with Crippen molar-refractivity contribution >= 4 is 11.6 Å². The second-order valence-corrected chi connectivity index (χ2v) is 6.96. The van der Waals surface area contributed by atoms with Gasteiger partial charge in [0.15, 0.2) is 6.54 Å². The fourth-order valence-electron chi connectivity index (χ4n) is 3.72. The number of hydrogen-bond acceptors (Lipinski definition) is 2. The van der Waals surface area contributed by atoms with E-state index in [0.717, 1.165) is 55.9 Å². The molecule has 1 N–H and O–H groups in total. The van der Waals surface area contributed by atoms with Crippen LogP contribution in [0.5, 0.6) is 0 Å². The summed E-state index contributed by atoms with van der Waals surface area (Å²) in [7, 11) is 0. The number of anilines is 1. The van der Waals surface area contributed by atoms with Gasteiger partial charge in [-0.3, -0.25) is 9.69 Å². The van der Waals surface area contributed by atoms with Crippen LogP contribution in [0.4, 0.5) is 5.69 Å². The lowest BCUT2D eigenvalue weighted by Crippen LogP contribution is -2.68. The molecule has 3 aliphatic heterocycles. The monoisotopic (exact) mass is 302 g/mol. The van der Waals surface area contributed by atoms with Gasteiger partial charge in [0.25, 0.3) is 5.91 Å². The van der Waals surface area contributed by atoms with Crippen molar-refractivity contribution in [2.45, 2.75) is 26.2 Å². The summed E-state index contributed by atoms with van der Waals surface area (Å²) >= 11 is 0. The molecule has 0 saturated carbocycles. The molecule has 4 rings (SSSR count). The van der Waals surface area contributed by atoms with Crippen LogP contribution in [0.2, 0.25) is 0 Å². The van der Waals surface area contributed by atoms with Crippen molar-refractivity contribution in [3.63, 3.8) is 0 Å². The van der Waals surface area contributed by atoms with Crippen LogP contribution in [0.15, 0.2) is 24.3 Å². The standard InChI is InChI=1S/C18H27N3O/c1-3-15(2)16-6-4-5-7-17(16)19-18(22)14-21-11-8-20(9-12-21)10-13-21/h4-7,15H,3,8-14H2,1-2H3/p+1/t15-/m1/s1. The largest absolute Gasteiger partial charge is 0.321 e. The molecular formula is C18H28N3O+. The molecule has 0 aromatic heterocycles. The molecule has 1 atom stereocenters. The van der Waals surface area contributed by atoms with E-state index in [1.807, 2.05) is 12.1 Å². The van der Waals surface area contributed by atoms with Gasteiger partial charge in [-0.2, -0.15) is 0 Å². The predicted molar refractivity (Wildman–Crippen MR) is 89.9 cm³/mol. The number of fused-ring (bicyclic) bond motifs is 3. The van der Waals surface area contributed by atoms with Gasteiger partial charge in [-0.05, 0) is 24.0 Å². The molecule has 1 aromatic carbocycles. The highest BCUT2D eigenvalue weighted by Crippen LogP contribution is 2.27. The zero-order valence-corrected chi connectivity index (χ0v) is 13.8. The number of rotatable bonds is 5. The Hall–Kier alpha value is -1.39. The SMILES string of the molecule is CC[C@@H](C)c1ccccc1NC(=O)C[N+]12CCN(CC1)CC2. The van der Waals surface area contributed by atoms with E-state index in [1.165, 1.54) is 5.56 Å². The van der Waals surface area contributed by atoms with Crippen molar-refractivity contribution in [3.8, 4) is 0 Å². The highest BCUT2D eigenvalue weighted by molar-refractivity contribution is 5.92. The van der Waals surface area contributed by atoms with Gasteiger partial charge in [0.05, 0.1) is 19.6 Å². The molecule has 3 saturated heterocycles. The summed E-state index contributed by atoms with van der Waals surface area (Å²) in [6.07, 6.45) is 1.09. The molecule has 0 spiro atoms. The zero-order chi connectivity index (χ0) is 15.6. The number of quaternary nitrogens is 1. The number of piperazine rings is 3. The minimum atomic E-state index is 0.172. The van der Waals surface area contributed by atoms with E-state index in [4.69, 9.17) is 0 Å². The molecular weight excluding hydrogens is 274 g/mol. The molecule has 22 heavy (non-hydrogen) atoms. The average molecular weight is 302 g/mol. The Morgan fingerprint density at radius 1 is 1.23 bits per heavy atom. The first-order valence-corrected chi connectivity index (χ1v) is 8.58. The van der Waals surface area contributed by atoms with E-state index in [1.54, 1.807) is 0 Å². The van der Waals surface area contributed by atoms with Crippen LogP contribution in [-0.4, -0.2) is 61.1 Å². The maximum Gasteiger partial charge on any atom is 0.279 e. The van der Waals surface area contributed by atoms with Crippen LogP contribution >= 0.6 is 0 Å². The van der Waals surface area contributed by atoms with Gasteiger partial charge < -0.3 is 9.80 Å². The summed E-state index contributed by atoms with van der Waals surface area (Å²) in [5.41, 5.74) is 2.25. The predicted octanol–water partition coefficient (Wildman–Crippen LogP) is 2.28. The number of benzene rings is 1. The first kappa shape index (κ1) is 15.5. The molecule has 1 aromatic rings. The van der Waals surface area contributed by atoms with E-state index in [0.29, 0.717) is 12.5 Å². The zero-order valence-electron chi connectivity index (χ0n) is 13.8. The summed E-state index contributed by atoms with van der Waals surface area (Å²) < 4.78 is 0.980. The van der Waals surface area contributed by atoms with Crippen molar-refractivity contribution in [1.29, 1.82) is 0 Å². The van der Waals surface area contributed by atoms with Gasteiger partial charge >= 0.3 is 0 Å². The lowest BCUT2D eigenvalue weighted by atomic mass is 9.97. The Bertz CT molecular complexity index is 521. The molecule has 0 unspecified atom stereocenters. The number of carbonyl (C=O) groups is 1. The van der Waals surface area contributed by atoms with Gasteiger partial charge in [-0.15, -0.1) is 0 Å². The summed E-state index contributed by atoms with van der Waals surface area (Å²) in [5.74, 6) is 0.646. The fraction of sp³-hybridized carbons (Fsp3) is 0.611. The normalized spacial score (nSPS) is 28.4. The van der Waals surface area contributed by atoms with E-state index in [2.05, 4.69) is 36.2 Å². The van der Waals surface area contributed by atoms with Crippen molar-refractivity contribution in [1.82, 2.24) is 4.90 Å². The van der Waals surface area contributed by atoms with Crippen LogP contribution in [0.25, 0.3) is 0 Å². The Morgan fingerprint density at radius 3 is 2.50 bits per heavy atom. The Morgan fingerprint density at radius 2 is 1.86 bits per heavy atom. The number of carbonyl (C=O) groups excluding carboxylic acids is 1. The van der Waals surface area contributed by atoms with Crippen molar-refractivity contribution in [3.05, 3.63) is 29.8 Å². The fourth-order valence-corrected chi connectivity index (χ4v) is 3.72. The molecule has 2 bridgehead atoms. The van der Waals surface area contributed by atoms with Gasteiger partial charge in [0, 0.05) is 25.3 Å². The van der Waals surface area contributed by atoms with Crippen LogP contribution in [0.3, 0.4) is 0 Å². The average Bonchev–Trinajstić information content (AvgIpc) is 2.55. The smallest absolute Gasteiger partial charge is 0.279 e. The first-order chi connectivity index (χ1) is 10.6. The lowest BCUT2D eigenvalue weighted by Gasteiger charge is -2.50. The first-order valence-electron chi connectivity index (χ1n) is 8.58. The third-order valence-corrected chi connectivity index (χ3v) is 5.53. The van der Waals surface area contributed by atoms with Gasteiger partial charge in [-0.1, -0.05) is 32.0 Å². The molecule has 3 aliphatic rings. The topological polar surface area (TPSA) is 32.3 Å². The van der Waals surface area contributed by atoms with Crippen LogP contribution in [-0.2, 0) is 4.79 Å². The van der Waals surface area contributed by atoms with Crippen molar-refractivity contribution < 1.29 is 9.28 Å². The van der Waals surface area contributed by atoms with Crippen LogP contribution < -0.4 is 5.32 Å². The third-order valence-electron chi connectivity index (χ3n) is 5.53. The minimum absolute atomic E-state index is 0.172. The molecule has 1 amide bonds. The van der Waals surface area contributed by atoms with E-state index < -0.39 is 0 Å².